The standard InChI is InChI=1S/C18H17NO2/c1-18(2,3)13-8-9-15-12(16(13)17(20)21)10-11-6-4-5-7-14(11)19-15/h4-10H,1-3H3,(H,20,21). The highest BCUT2D eigenvalue weighted by Gasteiger charge is 2.24. The summed E-state index contributed by atoms with van der Waals surface area (Å²) in [4.78, 5) is 16.4. The van der Waals surface area contributed by atoms with Crippen LogP contribution in [0, 0.1) is 0 Å². The molecule has 3 aromatic rings. The number of aromatic nitrogens is 1. The molecule has 0 radical (unpaired) electrons. The van der Waals surface area contributed by atoms with E-state index in [4.69, 9.17) is 0 Å². The van der Waals surface area contributed by atoms with Gasteiger partial charge in [0.15, 0.2) is 0 Å². The van der Waals surface area contributed by atoms with Crippen LogP contribution < -0.4 is 0 Å². The molecule has 1 aromatic heterocycles. The second kappa shape index (κ2) is 4.55. The third-order valence-electron chi connectivity index (χ3n) is 3.72. The summed E-state index contributed by atoms with van der Waals surface area (Å²) in [7, 11) is 0. The van der Waals surface area contributed by atoms with E-state index in [0.717, 1.165) is 22.0 Å². The fraction of sp³-hybridized carbons (Fsp3) is 0.222. The molecule has 0 saturated heterocycles. The van der Waals surface area contributed by atoms with Crippen LogP contribution in [0.5, 0.6) is 0 Å². The molecule has 0 unspecified atom stereocenters. The van der Waals surface area contributed by atoms with Gasteiger partial charge in [0.1, 0.15) is 0 Å². The third-order valence-corrected chi connectivity index (χ3v) is 3.72. The van der Waals surface area contributed by atoms with E-state index >= 15 is 0 Å². The molecule has 3 heteroatoms. The third kappa shape index (κ3) is 2.25. The van der Waals surface area contributed by atoms with E-state index in [1.807, 2.05) is 63.2 Å². The van der Waals surface area contributed by atoms with Crippen LogP contribution >= 0.6 is 0 Å². The fourth-order valence-electron chi connectivity index (χ4n) is 2.70. The number of pyridine rings is 1. The molecule has 0 bridgehead atoms. The molecular weight excluding hydrogens is 262 g/mol. The van der Waals surface area contributed by atoms with Crippen molar-refractivity contribution in [2.75, 3.05) is 0 Å². The first kappa shape index (κ1) is 13.6. The van der Waals surface area contributed by atoms with Gasteiger partial charge in [-0.15, -0.1) is 0 Å². The fourth-order valence-corrected chi connectivity index (χ4v) is 2.70. The molecule has 1 N–H and O–H groups in total. The maximum Gasteiger partial charge on any atom is 0.336 e. The molecule has 2 aromatic carbocycles. The van der Waals surface area contributed by atoms with Crippen molar-refractivity contribution in [3.63, 3.8) is 0 Å². The smallest absolute Gasteiger partial charge is 0.336 e. The van der Waals surface area contributed by atoms with Gasteiger partial charge in [-0.05, 0) is 29.2 Å². The number of hydrogen-bond acceptors (Lipinski definition) is 2. The van der Waals surface area contributed by atoms with Gasteiger partial charge in [0.25, 0.3) is 0 Å². The maximum absolute atomic E-state index is 11.8. The van der Waals surface area contributed by atoms with Crippen molar-refractivity contribution in [2.45, 2.75) is 26.2 Å². The van der Waals surface area contributed by atoms with Crippen molar-refractivity contribution in [2.24, 2.45) is 0 Å². The summed E-state index contributed by atoms with van der Waals surface area (Å²) in [5, 5.41) is 11.3. The lowest BCUT2D eigenvalue weighted by Gasteiger charge is -2.22. The highest BCUT2D eigenvalue weighted by atomic mass is 16.4. The van der Waals surface area contributed by atoms with Crippen molar-refractivity contribution >= 4 is 27.8 Å². The van der Waals surface area contributed by atoms with Crippen LogP contribution in [0.3, 0.4) is 0 Å². The first-order valence-corrected chi connectivity index (χ1v) is 6.94. The largest absolute Gasteiger partial charge is 0.478 e. The van der Waals surface area contributed by atoms with Crippen LogP contribution in [0.2, 0.25) is 0 Å². The zero-order chi connectivity index (χ0) is 15.2. The Kier molecular flexibility index (Phi) is 2.94. The minimum absolute atomic E-state index is 0.229. The number of para-hydroxylation sites is 1. The van der Waals surface area contributed by atoms with Gasteiger partial charge >= 0.3 is 5.97 Å². The molecule has 0 aliphatic heterocycles. The van der Waals surface area contributed by atoms with Gasteiger partial charge in [-0.25, -0.2) is 9.78 Å². The summed E-state index contributed by atoms with van der Waals surface area (Å²) in [5.74, 6) is -0.900. The van der Waals surface area contributed by atoms with Crippen LogP contribution in [0.25, 0.3) is 21.8 Å². The van der Waals surface area contributed by atoms with Crippen molar-refractivity contribution in [3.05, 3.63) is 53.6 Å². The Morgan fingerprint density at radius 1 is 1.05 bits per heavy atom. The summed E-state index contributed by atoms with van der Waals surface area (Å²) < 4.78 is 0. The number of rotatable bonds is 1. The molecule has 21 heavy (non-hydrogen) atoms. The van der Waals surface area contributed by atoms with Crippen LogP contribution in [-0.2, 0) is 5.41 Å². The number of hydrogen-bond donors (Lipinski definition) is 1. The number of benzene rings is 2. The molecular formula is C18H17NO2. The van der Waals surface area contributed by atoms with Crippen molar-refractivity contribution in [3.8, 4) is 0 Å². The molecule has 0 fully saturated rings. The Morgan fingerprint density at radius 2 is 1.76 bits per heavy atom. The van der Waals surface area contributed by atoms with Gasteiger partial charge in [0.05, 0.1) is 16.6 Å². The Balaban J connectivity index is 2.47. The van der Waals surface area contributed by atoms with Crippen molar-refractivity contribution < 1.29 is 9.90 Å². The molecule has 0 spiro atoms. The maximum atomic E-state index is 11.8. The molecule has 3 nitrogen and oxygen atoms in total. The van der Waals surface area contributed by atoms with Gasteiger partial charge in [0, 0.05) is 10.8 Å². The zero-order valence-electron chi connectivity index (χ0n) is 12.3. The topological polar surface area (TPSA) is 50.2 Å². The number of carboxylic acid groups (broad SMARTS) is 1. The van der Waals surface area contributed by atoms with E-state index in [9.17, 15) is 9.90 Å². The Morgan fingerprint density at radius 3 is 2.43 bits per heavy atom. The van der Waals surface area contributed by atoms with E-state index in [0.29, 0.717) is 10.9 Å². The molecule has 1 heterocycles. The quantitative estimate of drug-likeness (QED) is 0.672. The predicted molar refractivity (Wildman–Crippen MR) is 84.9 cm³/mol. The van der Waals surface area contributed by atoms with Crippen molar-refractivity contribution in [1.82, 2.24) is 4.98 Å². The average molecular weight is 279 g/mol. The van der Waals surface area contributed by atoms with Crippen LogP contribution in [0.1, 0.15) is 36.7 Å². The highest BCUT2D eigenvalue weighted by molar-refractivity contribution is 6.07. The SMILES string of the molecule is CC(C)(C)c1ccc2nc3ccccc3cc2c1C(=O)O. The Hall–Kier alpha value is -2.42. The number of fused-ring (bicyclic) bond motifs is 2. The lowest BCUT2D eigenvalue weighted by atomic mass is 9.82. The minimum atomic E-state index is -0.900. The van der Waals surface area contributed by atoms with E-state index in [2.05, 4.69) is 4.98 Å². The first-order chi connectivity index (χ1) is 9.88. The van der Waals surface area contributed by atoms with Gasteiger partial charge in [-0.3, -0.25) is 0 Å². The molecule has 0 amide bonds. The molecule has 106 valence electrons. The number of nitrogens with zero attached hydrogens (tertiary/aromatic N) is 1. The first-order valence-electron chi connectivity index (χ1n) is 6.94. The summed E-state index contributed by atoms with van der Waals surface area (Å²) in [6.45, 7) is 6.07. The number of carbonyl (C=O) groups is 1. The number of aromatic carboxylic acids is 1. The Bertz CT molecular complexity index is 860. The van der Waals surface area contributed by atoms with E-state index in [1.165, 1.54) is 0 Å². The van der Waals surface area contributed by atoms with Crippen LogP contribution in [-0.4, -0.2) is 16.1 Å². The van der Waals surface area contributed by atoms with Crippen LogP contribution in [0.15, 0.2) is 42.5 Å². The molecule has 0 aliphatic carbocycles. The minimum Gasteiger partial charge on any atom is -0.478 e. The van der Waals surface area contributed by atoms with E-state index < -0.39 is 5.97 Å². The number of carboxylic acids is 1. The van der Waals surface area contributed by atoms with Gasteiger partial charge in [-0.2, -0.15) is 0 Å². The Labute approximate surface area is 123 Å². The average Bonchev–Trinajstić information content (AvgIpc) is 2.42. The van der Waals surface area contributed by atoms with Gasteiger partial charge in [-0.1, -0.05) is 45.0 Å². The van der Waals surface area contributed by atoms with Gasteiger partial charge in [0.2, 0.25) is 0 Å². The molecule has 3 rings (SSSR count). The highest BCUT2D eigenvalue weighted by Crippen LogP contribution is 2.32. The predicted octanol–water partition coefficient (Wildman–Crippen LogP) is 4.38. The second-order valence-corrected chi connectivity index (χ2v) is 6.29. The summed E-state index contributed by atoms with van der Waals surface area (Å²) in [6, 6.07) is 13.5. The lowest BCUT2D eigenvalue weighted by Crippen LogP contribution is -2.17. The van der Waals surface area contributed by atoms with Crippen LogP contribution in [0.4, 0.5) is 0 Å². The lowest BCUT2D eigenvalue weighted by molar-refractivity contribution is 0.0696. The summed E-state index contributed by atoms with van der Waals surface area (Å²) in [6.07, 6.45) is 0. The van der Waals surface area contributed by atoms with Gasteiger partial charge < -0.3 is 5.11 Å². The normalized spacial score (nSPS) is 12.0. The van der Waals surface area contributed by atoms with E-state index in [1.54, 1.807) is 0 Å². The monoisotopic (exact) mass is 279 g/mol. The summed E-state index contributed by atoms with van der Waals surface area (Å²) in [5.41, 5.74) is 2.56. The van der Waals surface area contributed by atoms with Crippen molar-refractivity contribution in [1.29, 1.82) is 0 Å². The summed E-state index contributed by atoms with van der Waals surface area (Å²) >= 11 is 0. The molecule has 0 atom stereocenters. The zero-order valence-corrected chi connectivity index (χ0v) is 12.3. The molecule has 0 saturated carbocycles. The van der Waals surface area contributed by atoms with E-state index in [-0.39, 0.29) is 5.41 Å². The molecule has 0 aliphatic rings. The second-order valence-electron chi connectivity index (χ2n) is 6.29.